The molecule has 0 unspecified atom stereocenters. The van der Waals surface area contributed by atoms with Crippen LogP contribution in [-0.2, 0) is 0 Å². The number of pyridine rings is 1. The number of carbonyl (C=O) groups excluding carboxylic acids is 1. The van der Waals surface area contributed by atoms with Crippen molar-refractivity contribution in [3.05, 3.63) is 22.9 Å². The molecule has 3 N–H and O–H groups in total. The van der Waals surface area contributed by atoms with E-state index in [1.54, 1.807) is 0 Å². The molecule has 1 fully saturated rings. The van der Waals surface area contributed by atoms with Gasteiger partial charge in [0.05, 0.1) is 5.56 Å². The highest BCUT2D eigenvalue weighted by Gasteiger charge is 2.29. The number of aromatic nitrogens is 1. The molecule has 0 radical (unpaired) electrons. The molecule has 1 saturated heterocycles. The number of nitrogens with two attached hydrogens (primary N) is 1. The van der Waals surface area contributed by atoms with Crippen molar-refractivity contribution in [3.8, 4) is 0 Å². The maximum atomic E-state index is 11.7. The first-order valence-electron chi connectivity index (χ1n) is 6.58. The summed E-state index contributed by atoms with van der Waals surface area (Å²) in [7, 11) is 0. The Morgan fingerprint density at radius 2 is 2.16 bits per heavy atom. The maximum absolute atomic E-state index is 11.7. The Bertz CT molecular complexity index is 510. The lowest BCUT2D eigenvalue weighted by Crippen LogP contribution is -2.57. The molecule has 1 aliphatic rings. The number of amides is 1. The van der Waals surface area contributed by atoms with Crippen LogP contribution in [0.3, 0.4) is 0 Å². The number of primary amides is 1. The van der Waals surface area contributed by atoms with E-state index in [0.29, 0.717) is 5.56 Å². The van der Waals surface area contributed by atoms with Crippen LogP contribution in [0.25, 0.3) is 0 Å². The number of nitrogens with one attached hydrogen (secondary N) is 1. The molecule has 5 nitrogen and oxygen atoms in total. The molecular formula is C14H22N4O. The minimum atomic E-state index is -0.406. The summed E-state index contributed by atoms with van der Waals surface area (Å²) in [6.45, 7) is 10.7. The molecule has 0 atom stereocenters. The summed E-state index contributed by atoms with van der Waals surface area (Å²) in [6.07, 6.45) is 0. The highest BCUT2D eigenvalue weighted by atomic mass is 16.1. The van der Waals surface area contributed by atoms with E-state index in [-0.39, 0.29) is 5.54 Å². The fourth-order valence-electron chi connectivity index (χ4n) is 2.67. The van der Waals surface area contributed by atoms with Crippen LogP contribution in [0.1, 0.15) is 35.5 Å². The molecule has 104 valence electrons. The largest absolute Gasteiger partial charge is 0.365 e. The van der Waals surface area contributed by atoms with Gasteiger partial charge in [0, 0.05) is 30.9 Å². The van der Waals surface area contributed by atoms with Gasteiger partial charge in [0.2, 0.25) is 0 Å². The lowest BCUT2D eigenvalue weighted by molar-refractivity contribution is 0.0999. The first-order chi connectivity index (χ1) is 8.80. The van der Waals surface area contributed by atoms with E-state index in [4.69, 9.17) is 5.73 Å². The third-order valence-corrected chi connectivity index (χ3v) is 3.44. The maximum Gasteiger partial charge on any atom is 0.252 e. The van der Waals surface area contributed by atoms with Crippen molar-refractivity contribution < 1.29 is 4.79 Å². The molecule has 0 spiro atoms. The van der Waals surface area contributed by atoms with E-state index >= 15 is 0 Å². The van der Waals surface area contributed by atoms with E-state index in [1.807, 2.05) is 19.9 Å². The van der Waals surface area contributed by atoms with Crippen LogP contribution >= 0.6 is 0 Å². The number of nitrogens with zero attached hydrogens (tertiary/aromatic N) is 2. The van der Waals surface area contributed by atoms with Crippen LogP contribution in [0.2, 0.25) is 0 Å². The normalized spacial score (nSPS) is 18.4. The number of carbonyl (C=O) groups is 1. The monoisotopic (exact) mass is 262 g/mol. The van der Waals surface area contributed by atoms with Gasteiger partial charge in [-0.2, -0.15) is 0 Å². The number of hydrogen-bond donors (Lipinski definition) is 2. The topological polar surface area (TPSA) is 71.2 Å². The van der Waals surface area contributed by atoms with Gasteiger partial charge >= 0.3 is 0 Å². The summed E-state index contributed by atoms with van der Waals surface area (Å²) in [5.41, 5.74) is 7.88. The smallest absolute Gasteiger partial charge is 0.252 e. The molecule has 1 aromatic rings. The highest BCUT2D eigenvalue weighted by Crippen LogP contribution is 2.25. The molecule has 0 aliphatic carbocycles. The summed E-state index contributed by atoms with van der Waals surface area (Å²) < 4.78 is 0. The van der Waals surface area contributed by atoms with Crippen LogP contribution < -0.4 is 16.0 Å². The van der Waals surface area contributed by atoms with Crippen LogP contribution in [0, 0.1) is 13.8 Å². The standard InChI is InChI=1S/C14H22N4O/c1-9-7-10(2)17-13(11(9)12(15)19)18-6-5-16-14(3,4)8-18/h7,16H,5-6,8H2,1-4H3,(H2,15,19). The van der Waals surface area contributed by atoms with Gasteiger partial charge in [-0.25, -0.2) is 4.98 Å². The lowest BCUT2D eigenvalue weighted by atomic mass is 10.0. The Labute approximate surface area is 114 Å². The average Bonchev–Trinajstić information content (AvgIpc) is 2.25. The summed E-state index contributed by atoms with van der Waals surface area (Å²) in [5, 5.41) is 3.45. The lowest BCUT2D eigenvalue weighted by Gasteiger charge is -2.40. The van der Waals surface area contributed by atoms with Gasteiger partial charge in [0.15, 0.2) is 0 Å². The van der Waals surface area contributed by atoms with Gasteiger partial charge in [-0.15, -0.1) is 0 Å². The first-order valence-corrected chi connectivity index (χ1v) is 6.58. The minimum Gasteiger partial charge on any atom is -0.365 e. The quantitative estimate of drug-likeness (QED) is 0.833. The van der Waals surface area contributed by atoms with Gasteiger partial charge in [-0.3, -0.25) is 4.79 Å². The van der Waals surface area contributed by atoms with Crippen LogP contribution in [-0.4, -0.2) is 36.1 Å². The Kier molecular flexibility index (Phi) is 3.49. The molecule has 0 saturated carbocycles. The minimum absolute atomic E-state index is 0.00645. The Hall–Kier alpha value is -1.62. The van der Waals surface area contributed by atoms with E-state index in [2.05, 4.69) is 29.0 Å². The van der Waals surface area contributed by atoms with E-state index in [0.717, 1.165) is 36.7 Å². The molecular weight excluding hydrogens is 240 g/mol. The van der Waals surface area contributed by atoms with Crippen molar-refractivity contribution in [2.45, 2.75) is 33.2 Å². The van der Waals surface area contributed by atoms with Crippen molar-refractivity contribution in [2.75, 3.05) is 24.5 Å². The predicted molar refractivity (Wildman–Crippen MR) is 76.5 cm³/mol. The van der Waals surface area contributed by atoms with Gasteiger partial charge in [0.25, 0.3) is 5.91 Å². The zero-order valence-corrected chi connectivity index (χ0v) is 12.1. The third kappa shape index (κ3) is 2.87. The Morgan fingerprint density at radius 3 is 2.74 bits per heavy atom. The molecule has 2 rings (SSSR count). The van der Waals surface area contributed by atoms with E-state index < -0.39 is 5.91 Å². The number of aryl methyl sites for hydroxylation is 2. The van der Waals surface area contributed by atoms with Gasteiger partial charge in [-0.05, 0) is 39.3 Å². The molecule has 0 aromatic carbocycles. The van der Waals surface area contributed by atoms with Crippen LogP contribution in [0.15, 0.2) is 6.07 Å². The van der Waals surface area contributed by atoms with Crippen molar-refractivity contribution in [1.29, 1.82) is 0 Å². The molecule has 2 heterocycles. The van der Waals surface area contributed by atoms with Crippen LogP contribution in [0.5, 0.6) is 0 Å². The molecule has 19 heavy (non-hydrogen) atoms. The van der Waals surface area contributed by atoms with E-state index in [9.17, 15) is 4.79 Å². The predicted octanol–water partition coefficient (Wildman–Crippen LogP) is 0.986. The van der Waals surface area contributed by atoms with Gasteiger partial charge < -0.3 is 16.0 Å². The number of rotatable bonds is 2. The molecule has 1 aromatic heterocycles. The number of anilines is 1. The van der Waals surface area contributed by atoms with Crippen LogP contribution in [0.4, 0.5) is 5.82 Å². The first kappa shape index (κ1) is 13.8. The van der Waals surface area contributed by atoms with Crippen molar-refractivity contribution in [2.24, 2.45) is 5.73 Å². The molecule has 1 aliphatic heterocycles. The van der Waals surface area contributed by atoms with Crippen molar-refractivity contribution in [3.63, 3.8) is 0 Å². The highest BCUT2D eigenvalue weighted by molar-refractivity contribution is 5.99. The summed E-state index contributed by atoms with van der Waals surface area (Å²) in [6, 6.07) is 1.90. The summed E-state index contributed by atoms with van der Waals surface area (Å²) >= 11 is 0. The van der Waals surface area contributed by atoms with Gasteiger partial charge in [-0.1, -0.05) is 0 Å². The summed E-state index contributed by atoms with van der Waals surface area (Å²) in [4.78, 5) is 18.4. The Balaban J connectivity index is 2.46. The van der Waals surface area contributed by atoms with Crippen molar-refractivity contribution >= 4 is 11.7 Å². The molecule has 0 bridgehead atoms. The average molecular weight is 262 g/mol. The fourth-order valence-corrected chi connectivity index (χ4v) is 2.67. The molecule has 1 amide bonds. The van der Waals surface area contributed by atoms with E-state index in [1.165, 1.54) is 0 Å². The SMILES string of the molecule is Cc1cc(C)c(C(N)=O)c(N2CCNC(C)(C)C2)n1. The second kappa shape index (κ2) is 4.81. The zero-order chi connectivity index (χ0) is 14.2. The summed E-state index contributed by atoms with van der Waals surface area (Å²) in [5.74, 6) is 0.316. The second-order valence-electron chi connectivity index (χ2n) is 5.88. The van der Waals surface area contributed by atoms with Crippen molar-refractivity contribution in [1.82, 2.24) is 10.3 Å². The second-order valence-corrected chi connectivity index (χ2v) is 5.88. The molecule has 5 heteroatoms. The van der Waals surface area contributed by atoms with Gasteiger partial charge in [0.1, 0.15) is 5.82 Å². The third-order valence-electron chi connectivity index (χ3n) is 3.44. The fraction of sp³-hybridized carbons (Fsp3) is 0.571. The zero-order valence-electron chi connectivity index (χ0n) is 12.1. The number of hydrogen-bond acceptors (Lipinski definition) is 4. The Morgan fingerprint density at radius 1 is 1.47 bits per heavy atom. The number of piperazine rings is 1.